The summed E-state index contributed by atoms with van der Waals surface area (Å²) in [5.74, 6) is 0.696. The number of carbonyl (C=O) groups is 1. The van der Waals surface area contributed by atoms with Crippen LogP contribution in [0.5, 0.6) is 5.75 Å². The molecule has 1 aromatic carbocycles. The molecule has 20 heavy (non-hydrogen) atoms. The largest absolute Gasteiger partial charge is 0.494 e. The summed E-state index contributed by atoms with van der Waals surface area (Å²) in [6, 6.07) is 5.61. The lowest BCUT2D eigenvalue weighted by molar-refractivity contribution is -0.137. The molecular formula is C16H25NO3. The molecule has 0 aromatic heterocycles. The quantitative estimate of drug-likeness (QED) is 0.830. The fourth-order valence-corrected chi connectivity index (χ4v) is 1.75. The van der Waals surface area contributed by atoms with Gasteiger partial charge in [0.1, 0.15) is 11.4 Å². The predicted molar refractivity (Wildman–Crippen MR) is 81.3 cm³/mol. The number of amides is 1. The first-order chi connectivity index (χ1) is 9.40. The number of aryl methyl sites for hydroxylation is 1. The van der Waals surface area contributed by atoms with E-state index >= 15 is 0 Å². The monoisotopic (exact) mass is 279 g/mol. The SMILES string of the molecule is CCCOC(C)(C)C(=O)Nc1ccc(OCC)c(C)c1. The lowest BCUT2D eigenvalue weighted by Crippen LogP contribution is -2.40. The van der Waals surface area contributed by atoms with Crippen molar-refractivity contribution < 1.29 is 14.3 Å². The second kappa shape index (κ2) is 7.29. The van der Waals surface area contributed by atoms with Crippen LogP contribution in [0, 0.1) is 6.92 Å². The second-order valence-electron chi connectivity index (χ2n) is 5.23. The summed E-state index contributed by atoms with van der Waals surface area (Å²) < 4.78 is 11.0. The number of rotatable bonds is 7. The summed E-state index contributed by atoms with van der Waals surface area (Å²) in [5, 5.41) is 2.88. The topological polar surface area (TPSA) is 47.6 Å². The van der Waals surface area contributed by atoms with E-state index in [4.69, 9.17) is 9.47 Å². The molecule has 0 aliphatic carbocycles. The van der Waals surface area contributed by atoms with E-state index in [0.29, 0.717) is 13.2 Å². The Balaban J connectivity index is 2.73. The van der Waals surface area contributed by atoms with Crippen LogP contribution >= 0.6 is 0 Å². The maximum atomic E-state index is 12.2. The molecule has 0 unspecified atom stereocenters. The van der Waals surface area contributed by atoms with Crippen molar-refractivity contribution >= 4 is 11.6 Å². The normalized spacial score (nSPS) is 11.2. The van der Waals surface area contributed by atoms with Crippen molar-refractivity contribution in [2.24, 2.45) is 0 Å². The van der Waals surface area contributed by atoms with Crippen LogP contribution in [0.1, 0.15) is 39.7 Å². The van der Waals surface area contributed by atoms with Crippen molar-refractivity contribution in [3.8, 4) is 5.75 Å². The Kier molecular flexibility index (Phi) is 6.02. The molecule has 4 heteroatoms. The third-order valence-electron chi connectivity index (χ3n) is 2.95. The molecule has 112 valence electrons. The molecule has 0 heterocycles. The lowest BCUT2D eigenvalue weighted by Gasteiger charge is -2.24. The van der Waals surface area contributed by atoms with Gasteiger partial charge in [0.2, 0.25) is 0 Å². The molecule has 0 radical (unpaired) electrons. The van der Waals surface area contributed by atoms with Gasteiger partial charge in [0.05, 0.1) is 6.61 Å². The van der Waals surface area contributed by atoms with E-state index in [1.54, 1.807) is 13.8 Å². The maximum absolute atomic E-state index is 12.2. The van der Waals surface area contributed by atoms with Gasteiger partial charge in [-0.15, -0.1) is 0 Å². The van der Waals surface area contributed by atoms with Gasteiger partial charge in [0.15, 0.2) is 0 Å². The number of nitrogens with one attached hydrogen (secondary N) is 1. The zero-order valence-electron chi connectivity index (χ0n) is 13.1. The summed E-state index contributed by atoms with van der Waals surface area (Å²) in [5.41, 5.74) is 0.920. The molecule has 0 saturated heterocycles. The molecule has 0 aliphatic heterocycles. The van der Waals surface area contributed by atoms with Crippen molar-refractivity contribution in [2.75, 3.05) is 18.5 Å². The molecule has 0 fully saturated rings. The van der Waals surface area contributed by atoms with Gasteiger partial charge >= 0.3 is 0 Å². The van der Waals surface area contributed by atoms with E-state index in [-0.39, 0.29) is 5.91 Å². The highest BCUT2D eigenvalue weighted by atomic mass is 16.5. The Bertz CT molecular complexity index is 455. The standard InChI is InChI=1S/C16H25NO3/c1-6-10-20-16(4,5)15(18)17-13-8-9-14(19-7-2)12(3)11-13/h8-9,11H,6-7,10H2,1-5H3,(H,17,18). The minimum Gasteiger partial charge on any atom is -0.494 e. The zero-order chi connectivity index (χ0) is 15.2. The minimum absolute atomic E-state index is 0.144. The molecule has 0 spiro atoms. The Morgan fingerprint density at radius 1 is 1.30 bits per heavy atom. The molecule has 1 N–H and O–H groups in total. The second-order valence-corrected chi connectivity index (χ2v) is 5.23. The van der Waals surface area contributed by atoms with E-state index in [1.165, 1.54) is 0 Å². The van der Waals surface area contributed by atoms with Crippen molar-refractivity contribution in [1.29, 1.82) is 0 Å². The van der Waals surface area contributed by atoms with E-state index in [9.17, 15) is 4.79 Å². The zero-order valence-corrected chi connectivity index (χ0v) is 13.1. The Hall–Kier alpha value is -1.55. The summed E-state index contributed by atoms with van der Waals surface area (Å²) in [6.45, 7) is 10.7. The number of carbonyl (C=O) groups excluding carboxylic acids is 1. The average molecular weight is 279 g/mol. The van der Waals surface area contributed by atoms with Crippen LogP contribution in [0.25, 0.3) is 0 Å². The molecule has 4 nitrogen and oxygen atoms in total. The fourth-order valence-electron chi connectivity index (χ4n) is 1.75. The van der Waals surface area contributed by atoms with Crippen LogP contribution in [0.15, 0.2) is 18.2 Å². The molecule has 0 saturated carbocycles. The highest BCUT2D eigenvalue weighted by Gasteiger charge is 2.28. The van der Waals surface area contributed by atoms with E-state index < -0.39 is 5.60 Å². The predicted octanol–water partition coefficient (Wildman–Crippen LogP) is 3.54. The van der Waals surface area contributed by atoms with Crippen LogP contribution in [0.4, 0.5) is 5.69 Å². The van der Waals surface area contributed by atoms with Crippen molar-refractivity contribution in [3.63, 3.8) is 0 Å². The highest BCUT2D eigenvalue weighted by molar-refractivity contribution is 5.96. The van der Waals surface area contributed by atoms with E-state index in [2.05, 4.69) is 5.32 Å². The highest BCUT2D eigenvalue weighted by Crippen LogP contribution is 2.23. The van der Waals surface area contributed by atoms with Crippen molar-refractivity contribution in [3.05, 3.63) is 23.8 Å². The van der Waals surface area contributed by atoms with Crippen LogP contribution in [-0.2, 0) is 9.53 Å². The summed E-state index contributed by atoms with van der Waals surface area (Å²) >= 11 is 0. The maximum Gasteiger partial charge on any atom is 0.256 e. The van der Waals surface area contributed by atoms with Crippen molar-refractivity contribution in [2.45, 2.75) is 46.6 Å². The molecule has 1 aromatic rings. The average Bonchev–Trinajstić information content (AvgIpc) is 2.39. The van der Waals surface area contributed by atoms with Crippen molar-refractivity contribution in [1.82, 2.24) is 0 Å². The van der Waals surface area contributed by atoms with Gasteiger partial charge in [-0.2, -0.15) is 0 Å². The van der Waals surface area contributed by atoms with Crippen LogP contribution in [0.2, 0.25) is 0 Å². The van der Waals surface area contributed by atoms with Gasteiger partial charge in [-0.3, -0.25) is 4.79 Å². The van der Waals surface area contributed by atoms with E-state index in [1.807, 2.05) is 39.0 Å². The van der Waals surface area contributed by atoms with Gasteiger partial charge in [0.25, 0.3) is 5.91 Å². The van der Waals surface area contributed by atoms with Crippen LogP contribution < -0.4 is 10.1 Å². The van der Waals surface area contributed by atoms with Gasteiger partial charge in [0, 0.05) is 12.3 Å². The molecule has 1 rings (SSSR count). The third-order valence-corrected chi connectivity index (χ3v) is 2.95. The number of anilines is 1. The number of hydrogen-bond donors (Lipinski definition) is 1. The van der Waals surface area contributed by atoms with E-state index in [0.717, 1.165) is 23.4 Å². The van der Waals surface area contributed by atoms with Gasteiger partial charge in [-0.1, -0.05) is 6.92 Å². The number of hydrogen-bond acceptors (Lipinski definition) is 3. The molecule has 0 bridgehead atoms. The molecule has 0 aliphatic rings. The smallest absolute Gasteiger partial charge is 0.256 e. The molecule has 0 atom stereocenters. The van der Waals surface area contributed by atoms with Crippen LogP contribution in [0.3, 0.4) is 0 Å². The summed E-state index contributed by atoms with van der Waals surface area (Å²) in [7, 11) is 0. The Labute approximate surface area is 121 Å². The third kappa shape index (κ3) is 4.53. The first-order valence-corrected chi connectivity index (χ1v) is 7.09. The molecular weight excluding hydrogens is 254 g/mol. The van der Waals surface area contributed by atoms with Gasteiger partial charge in [-0.25, -0.2) is 0 Å². The van der Waals surface area contributed by atoms with Crippen LogP contribution in [-0.4, -0.2) is 24.7 Å². The number of benzene rings is 1. The van der Waals surface area contributed by atoms with Gasteiger partial charge in [-0.05, 0) is 57.9 Å². The van der Waals surface area contributed by atoms with Gasteiger partial charge < -0.3 is 14.8 Å². The minimum atomic E-state index is -0.831. The molecule has 1 amide bonds. The Morgan fingerprint density at radius 2 is 2.00 bits per heavy atom. The summed E-state index contributed by atoms with van der Waals surface area (Å²) in [6.07, 6.45) is 0.888. The fraction of sp³-hybridized carbons (Fsp3) is 0.562. The first kappa shape index (κ1) is 16.5. The number of ether oxygens (including phenoxy) is 2. The first-order valence-electron chi connectivity index (χ1n) is 7.09. The Morgan fingerprint density at radius 3 is 2.55 bits per heavy atom. The lowest BCUT2D eigenvalue weighted by atomic mass is 10.1. The summed E-state index contributed by atoms with van der Waals surface area (Å²) in [4.78, 5) is 12.2.